The molecule has 2 aromatic rings. The molecule has 25 heavy (non-hydrogen) atoms. The molecule has 0 amide bonds. The van der Waals surface area contributed by atoms with Crippen LogP contribution in [0, 0.1) is 23.5 Å². The van der Waals surface area contributed by atoms with E-state index in [2.05, 4.69) is 23.7 Å². The van der Waals surface area contributed by atoms with Crippen molar-refractivity contribution in [1.29, 1.82) is 0 Å². The molecular weight excluding hydrogens is 320 g/mol. The number of aromatic nitrogens is 1. The molecule has 2 nitrogen and oxygen atoms in total. The zero-order chi connectivity index (χ0) is 18.1. The second kappa shape index (κ2) is 9.78. The van der Waals surface area contributed by atoms with Crippen LogP contribution in [-0.4, -0.2) is 12.1 Å². The van der Waals surface area contributed by atoms with Gasteiger partial charge in [0.05, 0.1) is 12.7 Å². The number of hydrogen-bond donors (Lipinski definition) is 0. The fourth-order valence-electron chi connectivity index (χ4n) is 2.50. The number of rotatable bonds is 7. The van der Waals surface area contributed by atoms with Crippen molar-refractivity contribution in [3.05, 3.63) is 58.9 Å². The summed E-state index contributed by atoms with van der Waals surface area (Å²) in [6.07, 6.45) is 9.00. The first-order valence-electron chi connectivity index (χ1n) is 8.64. The Labute approximate surface area is 148 Å². The molecule has 132 valence electrons. The van der Waals surface area contributed by atoms with Crippen molar-refractivity contribution in [2.75, 3.05) is 7.11 Å². The Morgan fingerprint density at radius 3 is 2.44 bits per heavy atom. The summed E-state index contributed by atoms with van der Waals surface area (Å²) in [5.74, 6) is 3.23. The number of pyridine rings is 1. The normalized spacial score (nSPS) is 10.2. The number of halogens is 2. The minimum absolute atomic E-state index is 0.0138. The Morgan fingerprint density at radius 1 is 0.960 bits per heavy atom. The average Bonchev–Trinajstić information content (AvgIpc) is 2.64. The van der Waals surface area contributed by atoms with Gasteiger partial charge in [-0.05, 0) is 42.5 Å². The maximum atomic E-state index is 13.9. The summed E-state index contributed by atoms with van der Waals surface area (Å²) >= 11 is 0. The molecule has 2 rings (SSSR count). The number of nitrogens with zero attached hydrogens (tertiary/aromatic N) is 1. The van der Waals surface area contributed by atoms with Crippen LogP contribution in [0.5, 0.6) is 5.75 Å². The number of methoxy groups -OCH3 is 1. The third-order valence-corrected chi connectivity index (χ3v) is 3.99. The van der Waals surface area contributed by atoms with Gasteiger partial charge in [0, 0.05) is 6.20 Å². The lowest BCUT2D eigenvalue weighted by Gasteiger charge is -2.03. The van der Waals surface area contributed by atoms with Gasteiger partial charge in [0.2, 0.25) is 5.82 Å². The van der Waals surface area contributed by atoms with Gasteiger partial charge in [0.1, 0.15) is 5.69 Å². The lowest BCUT2D eigenvalue weighted by molar-refractivity contribution is 0.371. The summed E-state index contributed by atoms with van der Waals surface area (Å²) in [5, 5.41) is 0. The van der Waals surface area contributed by atoms with Crippen LogP contribution in [0.15, 0.2) is 30.5 Å². The van der Waals surface area contributed by atoms with Gasteiger partial charge in [-0.25, -0.2) is 9.37 Å². The maximum absolute atomic E-state index is 13.9. The van der Waals surface area contributed by atoms with E-state index < -0.39 is 11.6 Å². The predicted molar refractivity (Wildman–Crippen MR) is 95.6 cm³/mol. The Hall–Kier alpha value is -2.41. The molecule has 0 fully saturated rings. The molecule has 0 aliphatic rings. The van der Waals surface area contributed by atoms with Gasteiger partial charge in [-0.3, -0.25) is 0 Å². The molecule has 1 heterocycles. The van der Waals surface area contributed by atoms with Gasteiger partial charge in [-0.2, -0.15) is 4.39 Å². The van der Waals surface area contributed by atoms with Gasteiger partial charge in [-0.15, -0.1) is 0 Å². The number of ether oxygens (including phenoxy) is 1. The van der Waals surface area contributed by atoms with E-state index in [4.69, 9.17) is 4.74 Å². The fourth-order valence-corrected chi connectivity index (χ4v) is 2.50. The van der Waals surface area contributed by atoms with Crippen molar-refractivity contribution in [3.8, 4) is 17.6 Å². The molecule has 0 spiro atoms. The number of unbranched alkanes of at least 4 members (excludes halogenated alkanes) is 4. The van der Waals surface area contributed by atoms with E-state index in [1.165, 1.54) is 50.5 Å². The van der Waals surface area contributed by atoms with Gasteiger partial charge in [0.25, 0.3) is 0 Å². The molecule has 0 atom stereocenters. The number of benzene rings is 1. The monoisotopic (exact) mass is 343 g/mol. The Balaban J connectivity index is 1.98. The summed E-state index contributed by atoms with van der Waals surface area (Å²) in [4.78, 5) is 4.28. The van der Waals surface area contributed by atoms with Crippen LogP contribution < -0.4 is 4.74 Å². The second-order valence-corrected chi connectivity index (χ2v) is 5.91. The summed E-state index contributed by atoms with van der Waals surface area (Å²) < 4.78 is 32.3. The van der Waals surface area contributed by atoms with E-state index in [9.17, 15) is 8.78 Å². The lowest BCUT2D eigenvalue weighted by atomic mass is 10.1. The molecule has 0 unspecified atom stereocenters. The maximum Gasteiger partial charge on any atom is 0.201 e. The van der Waals surface area contributed by atoms with E-state index >= 15 is 0 Å². The van der Waals surface area contributed by atoms with Gasteiger partial charge in [0.15, 0.2) is 11.6 Å². The van der Waals surface area contributed by atoms with E-state index in [1.54, 1.807) is 6.20 Å². The van der Waals surface area contributed by atoms with E-state index in [1.807, 2.05) is 12.1 Å². The third kappa shape index (κ3) is 5.56. The van der Waals surface area contributed by atoms with Gasteiger partial charge < -0.3 is 4.74 Å². The average molecular weight is 343 g/mol. The van der Waals surface area contributed by atoms with Crippen molar-refractivity contribution in [3.63, 3.8) is 0 Å². The topological polar surface area (TPSA) is 22.1 Å². The molecule has 0 radical (unpaired) electrons. The molecular formula is C21H23F2NO. The summed E-state index contributed by atoms with van der Waals surface area (Å²) in [6, 6.07) is 6.56. The Bertz CT molecular complexity index is 745. The first kappa shape index (κ1) is 18.9. The molecule has 0 saturated heterocycles. The van der Waals surface area contributed by atoms with Crippen LogP contribution in [-0.2, 0) is 6.42 Å². The summed E-state index contributed by atoms with van der Waals surface area (Å²) in [5.41, 5.74) is 1.69. The molecule has 1 aromatic heterocycles. The van der Waals surface area contributed by atoms with Crippen molar-refractivity contribution in [2.24, 2.45) is 0 Å². The molecule has 4 heteroatoms. The fraction of sp³-hybridized carbons (Fsp3) is 0.381. The van der Waals surface area contributed by atoms with Gasteiger partial charge in [-0.1, -0.05) is 44.6 Å². The van der Waals surface area contributed by atoms with Crippen LogP contribution in [0.25, 0.3) is 0 Å². The minimum Gasteiger partial charge on any atom is -0.494 e. The van der Waals surface area contributed by atoms with Gasteiger partial charge >= 0.3 is 0 Å². The largest absolute Gasteiger partial charge is 0.494 e. The van der Waals surface area contributed by atoms with Crippen molar-refractivity contribution in [1.82, 2.24) is 4.98 Å². The number of hydrogen-bond acceptors (Lipinski definition) is 2. The van der Waals surface area contributed by atoms with Crippen molar-refractivity contribution in [2.45, 2.75) is 45.4 Å². The number of aryl methyl sites for hydroxylation is 1. The first-order chi connectivity index (χ1) is 12.2. The standard InChI is InChI=1S/C21H23F2NO/c1-3-4-5-6-7-8-16-9-12-18(24-15-16)13-10-17-11-14-19(25-2)21(23)20(17)22/h9,11-12,14-15H,3-8H2,1-2H3. The van der Waals surface area contributed by atoms with Crippen molar-refractivity contribution < 1.29 is 13.5 Å². The zero-order valence-corrected chi connectivity index (χ0v) is 14.7. The minimum atomic E-state index is -1.03. The van der Waals surface area contributed by atoms with E-state index in [-0.39, 0.29) is 11.3 Å². The first-order valence-corrected chi connectivity index (χ1v) is 8.64. The summed E-state index contributed by atoms with van der Waals surface area (Å²) in [6.45, 7) is 2.20. The second-order valence-electron chi connectivity index (χ2n) is 5.91. The predicted octanol–water partition coefficient (Wildman–Crippen LogP) is 5.28. The Kier molecular flexibility index (Phi) is 7.40. The zero-order valence-electron chi connectivity index (χ0n) is 14.7. The van der Waals surface area contributed by atoms with Crippen LogP contribution in [0.4, 0.5) is 8.78 Å². The molecule has 0 aliphatic carbocycles. The lowest BCUT2D eigenvalue weighted by Crippen LogP contribution is -1.95. The van der Waals surface area contributed by atoms with Crippen LogP contribution >= 0.6 is 0 Å². The summed E-state index contributed by atoms with van der Waals surface area (Å²) in [7, 11) is 1.29. The van der Waals surface area contributed by atoms with E-state index in [0.29, 0.717) is 5.69 Å². The van der Waals surface area contributed by atoms with Crippen LogP contribution in [0.3, 0.4) is 0 Å². The molecule has 1 aromatic carbocycles. The van der Waals surface area contributed by atoms with Crippen LogP contribution in [0.1, 0.15) is 55.8 Å². The molecule has 0 saturated carbocycles. The van der Waals surface area contributed by atoms with Crippen LogP contribution in [0.2, 0.25) is 0 Å². The molecule has 0 bridgehead atoms. The SMILES string of the molecule is CCCCCCCc1ccc(C#Cc2ccc(OC)c(F)c2F)nc1. The highest BCUT2D eigenvalue weighted by atomic mass is 19.2. The molecule has 0 aliphatic heterocycles. The molecule has 0 N–H and O–H groups in total. The third-order valence-electron chi connectivity index (χ3n) is 3.99. The highest BCUT2D eigenvalue weighted by molar-refractivity contribution is 5.44. The highest BCUT2D eigenvalue weighted by Crippen LogP contribution is 2.21. The van der Waals surface area contributed by atoms with Crippen molar-refractivity contribution >= 4 is 0 Å². The highest BCUT2D eigenvalue weighted by Gasteiger charge is 2.12. The smallest absolute Gasteiger partial charge is 0.201 e. The Morgan fingerprint density at radius 2 is 1.76 bits per heavy atom. The van der Waals surface area contributed by atoms with E-state index in [0.717, 1.165) is 12.8 Å². The quantitative estimate of drug-likeness (QED) is 0.504.